The van der Waals surface area contributed by atoms with E-state index in [1.807, 2.05) is 24.3 Å². The molecule has 2 unspecified atom stereocenters. The van der Waals surface area contributed by atoms with Crippen LogP contribution in [-0.2, 0) is 14.4 Å². The van der Waals surface area contributed by atoms with Gasteiger partial charge in [-0.05, 0) is 57.4 Å². The molecule has 1 spiro atoms. The number of aliphatic hydroxyl groups excluding tert-OH is 1. The summed E-state index contributed by atoms with van der Waals surface area (Å²) in [5.74, 6) is -1.39. The van der Waals surface area contributed by atoms with Crippen LogP contribution in [0.4, 0.5) is 11.4 Å². The van der Waals surface area contributed by atoms with Gasteiger partial charge in [0.1, 0.15) is 6.04 Å². The first-order valence-electron chi connectivity index (χ1n) is 11.9. The monoisotopic (exact) mass is 474 g/mol. The van der Waals surface area contributed by atoms with Gasteiger partial charge in [0, 0.05) is 49.9 Å². The lowest BCUT2D eigenvalue weighted by atomic mass is 9.71. The summed E-state index contributed by atoms with van der Waals surface area (Å²) in [5.41, 5.74) is 1.78. The van der Waals surface area contributed by atoms with E-state index in [-0.39, 0.29) is 29.6 Å². The van der Waals surface area contributed by atoms with Crippen molar-refractivity contribution in [2.75, 3.05) is 43.5 Å². The van der Waals surface area contributed by atoms with E-state index in [0.717, 1.165) is 31.6 Å². The van der Waals surface area contributed by atoms with Gasteiger partial charge in [0.15, 0.2) is 0 Å². The fourth-order valence-corrected chi connectivity index (χ4v) is 8.18. The topological polar surface area (TPSA) is 102 Å². The molecule has 3 aliphatic rings. The maximum absolute atomic E-state index is 13.6. The zero-order chi connectivity index (χ0) is 23.8. The largest absolute Gasteiger partial charge is 0.396 e. The normalized spacial score (nSPS) is 29.8. The van der Waals surface area contributed by atoms with Crippen LogP contribution in [0.15, 0.2) is 24.3 Å². The smallest absolute Gasteiger partial charge is 0.248 e. The van der Waals surface area contributed by atoms with Gasteiger partial charge in [-0.1, -0.05) is 0 Å². The van der Waals surface area contributed by atoms with E-state index < -0.39 is 22.6 Å². The lowest BCUT2D eigenvalue weighted by molar-refractivity contribution is -0.139. The first-order chi connectivity index (χ1) is 15.9. The summed E-state index contributed by atoms with van der Waals surface area (Å²) >= 11 is 1.65. The van der Waals surface area contributed by atoms with Gasteiger partial charge >= 0.3 is 0 Å². The Bertz CT molecular complexity index is 906. The summed E-state index contributed by atoms with van der Waals surface area (Å²) in [6.07, 6.45) is 1.96. The fraction of sp³-hybridized carbons (Fsp3) is 0.625. The Labute approximate surface area is 199 Å². The standard InChI is InChI=1S/C24H34N4O4S/c1-4-27(5-2)16-9-7-15(8-10-16)26-22(31)20-24-12-11-17(33-24)18(21(30)25-3)19(24)23(32)28(20)13-6-14-29/h7-10,17-20,29H,4-6,11-14H2,1-3H3,(H,25,30)(H,26,31)/t17-,18+,19-,20?,24?/m0/s1. The molecule has 0 aromatic heterocycles. The van der Waals surface area contributed by atoms with Crippen LogP contribution in [0.1, 0.15) is 33.1 Å². The van der Waals surface area contributed by atoms with E-state index in [1.54, 1.807) is 23.7 Å². The predicted molar refractivity (Wildman–Crippen MR) is 130 cm³/mol. The number of nitrogens with one attached hydrogen (secondary N) is 2. The molecule has 3 saturated heterocycles. The third kappa shape index (κ3) is 3.89. The summed E-state index contributed by atoms with van der Waals surface area (Å²) in [6, 6.07) is 7.10. The van der Waals surface area contributed by atoms with Crippen molar-refractivity contribution in [1.29, 1.82) is 0 Å². The zero-order valence-corrected chi connectivity index (χ0v) is 20.4. The molecule has 3 amide bonds. The molecule has 3 heterocycles. The average Bonchev–Trinajstić information content (AvgIpc) is 3.46. The van der Waals surface area contributed by atoms with Gasteiger partial charge in [-0.2, -0.15) is 0 Å². The van der Waals surface area contributed by atoms with Crippen LogP contribution >= 0.6 is 11.8 Å². The molecule has 8 nitrogen and oxygen atoms in total. The quantitative estimate of drug-likeness (QED) is 0.504. The highest BCUT2D eigenvalue weighted by atomic mass is 32.2. The van der Waals surface area contributed by atoms with Gasteiger partial charge in [-0.25, -0.2) is 0 Å². The van der Waals surface area contributed by atoms with Crippen molar-refractivity contribution >= 4 is 40.9 Å². The first-order valence-corrected chi connectivity index (χ1v) is 12.8. The molecule has 4 rings (SSSR count). The predicted octanol–water partition coefficient (Wildman–Crippen LogP) is 1.69. The van der Waals surface area contributed by atoms with Crippen molar-refractivity contribution in [2.45, 2.75) is 49.1 Å². The maximum Gasteiger partial charge on any atom is 0.248 e. The number of likely N-dealkylation sites (tertiary alicyclic amines) is 1. The van der Waals surface area contributed by atoms with Crippen LogP contribution in [0, 0.1) is 11.8 Å². The number of benzene rings is 1. The number of hydrogen-bond acceptors (Lipinski definition) is 6. The molecule has 9 heteroatoms. The zero-order valence-electron chi connectivity index (χ0n) is 19.5. The maximum atomic E-state index is 13.6. The minimum atomic E-state index is -0.659. The van der Waals surface area contributed by atoms with Gasteiger partial charge in [-0.15, -0.1) is 11.8 Å². The van der Waals surface area contributed by atoms with Crippen molar-refractivity contribution in [3.05, 3.63) is 24.3 Å². The number of rotatable bonds is 9. The van der Waals surface area contributed by atoms with E-state index in [2.05, 4.69) is 29.4 Å². The van der Waals surface area contributed by atoms with Crippen molar-refractivity contribution in [1.82, 2.24) is 10.2 Å². The highest BCUT2D eigenvalue weighted by Gasteiger charge is 2.73. The third-order valence-corrected chi connectivity index (χ3v) is 9.37. The van der Waals surface area contributed by atoms with E-state index >= 15 is 0 Å². The van der Waals surface area contributed by atoms with Gasteiger partial charge in [0.05, 0.1) is 16.6 Å². The second-order valence-electron chi connectivity index (χ2n) is 8.99. The van der Waals surface area contributed by atoms with Crippen LogP contribution < -0.4 is 15.5 Å². The SMILES string of the molecule is CCN(CC)c1ccc(NC(=O)C2N(CCCO)C(=O)[C@@H]3[C@H](C(=O)NC)[C@@H]4CCC23S4)cc1. The Morgan fingerprint density at radius 1 is 1.21 bits per heavy atom. The van der Waals surface area contributed by atoms with Crippen molar-refractivity contribution < 1.29 is 19.5 Å². The summed E-state index contributed by atoms with van der Waals surface area (Å²) in [7, 11) is 1.60. The van der Waals surface area contributed by atoms with E-state index in [4.69, 9.17) is 0 Å². The Morgan fingerprint density at radius 2 is 1.91 bits per heavy atom. The molecule has 5 atom stereocenters. The Kier molecular flexibility index (Phi) is 6.91. The number of anilines is 2. The van der Waals surface area contributed by atoms with Gasteiger partial charge in [0.25, 0.3) is 0 Å². The number of thioether (sulfide) groups is 1. The number of carbonyl (C=O) groups excluding carboxylic acids is 3. The number of aliphatic hydroxyl groups is 1. The first kappa shape index (κ1) is 23.9. The fourth-order valence-electron chi connectivity index (χ4n) is 5.96. The van der Waals surface area contributed by atoms with Crippen LogP contribution in [0.2, 0.25) is 0 Å². The number of fused-ring (bicyclic) bond motifs is 1. The molecule has 0 aliphatic carbocycles. The molecule has 0 radical (unpaired) electrons. The number of nitrogens with zero attached hydrogens (tertiary/aromatic N) is 2. The Morgan fingerprint density at radius 3 is 2.52 bits per heavy atom. The van der Waals surface area contributed by atoms with Gasteiger partial charge in [-0.3, -0.25) is 14.4 Å². The Hall–Kier alpha value is -2.26. The third-order valence-electron chi connectivity index (χ3n) is 7.42. The van der Waals surface area contributed by atoms with Crippen LogP contribution in [0.3, 0.4) is 0 Å². The molecule has 33 heavy (non-hydrogen) atoms. The molecular formula is C24H34N4O4S. The summed E-state index contributed by atoms with van der Waals surface area (Å²) in [4.78, 5) is 43.7. The summed E-state index contributed by atoms with van der Waals surface area (Å²) in [5, 5.41) is 15.2. The molecule has 3 aliphatic heterocycles. The van der Waals surface area contributed by atoms with Crippen molar-refractivity contribution in [3.63, 3.8) is 0 Å². The lowest BCUT2D eigenvalue weighted by Gasteiger charge is -2.34. The van der Waals surface area contributed by atoms with E-state index in [9.17, 15) is 19.5 Å². The highest BCUT2D eigenvalue weighted by molar-refractivity contribution is 8.02. The Balaban J connectivity index is 1.61. The lowest BCUT2D eigenvalue weighted by Crippen LogP contribution is -2.51. The van der Waals surface area contributed by atoms with Gasteiger partial charge < -0.3 is 25.5 Å². The van der Waals surface area contributed by atoms with Gasteiger partial charge in [0.2, 0.25) is 17.7 Å². The van der Waals surface area contributed by atoms with Crippen LogP contribution in [0.5, 0.6) is 0 Å². The number of amides is 3. The second-order valence-corrected chi connectivity index (χ2v) is 10.6. The minimum absolute atomic E-state index is 0.0579. The summed E-state index contributed by atoms with van der Waals surface area (Å²) < 4.78 is -0.598. The molecule has 0 saturated carbocycles. The molecule has 3 fully saturated rings. The van der Waals surface area contributed by atoms with Crippen molar-refractivity contribution in [2.24, 2.45) is 11.8 Å². The minimum Gasteiger partial charge on any atom is -0.396 e. The average molecular weight is 475 g/mol. The molecule has 3 N–H and O–H groups in total. The summed E-state index contributed by atoms with van der Waals surface area (Å²) in [6.45, 7) is 6.26. The molecule has 180 valence electrons. The molecule has 1 aromatic carbocycles. The van der Waals surface area contributed by atoms with Crippen LogP contribution in [0.25, 0.3) is 0 Å². The highest BCUT2D eigenvalue weighted by Crippen LogP contribution is 2.66. The van der Waals surface area contributed by atoms with E-state index in [0.29, 0.717) is 18.7 Å². The second kappa shape index (κ2) is 9.54. The van der Waals surface area contributed by atoms with E-state index in [1.165, 1.54) is 0 Å². The number of hydrogen-bond donors (Lipinski definition) is 3. The van der Waals surface area contributed by atoms with Crippen LogP contribution in [-0.4, -0.2) is 77.1 Å². The number of carbonyl (C=O) groups is 3. The molecule has 2 bridgehead atoms. The molecular weight excluding hydrogens is 440 g/mol. The molecule has 1 aromatic rings. The van der Waals surface area contributed by atoms with Crippen molar-refractivity contribution in [3.8, 4) is 0 Å².